The minimum Gasteiger partial charge on any atom is -0.305 e. The molecule has 1 amide bonds. The molecule has 1 aromatic heterocycles. The maximum absolute atomic E-state index is 11.1. The lowest BCUT2D eigenvalue weighted by Gasteiger charge is -1.98. The van der Waals surface area contributed by atoms with Crippen LogP contribution in [0.4, 0.5) is 5.69 Å². The number of rotatable bonds is 2. The number of nitro benzene ring substituents is 1. The minimum absolute atomic E-state index is 0.00372. The Morgan fingerprint density at radius 3 is 2.95 bits per heavy atom. The molecule has 0 spiro atoms. The van der Waals surface area contributed by atoms with Crippen LogP contribution < -0.4 is 4.80 Å². The SMILES string of the molecule is C#CCn1c(=NC(C)=O)sc2cc([N+](=O)[O-])ccc21. The second-order valence-electron chi connectivity index (χ2n) is 3.71. The Labute approximate surface area is 112 Å². The van der Waals surface area contributed by atoms with Crippen molar-refractivity contribution in [2.75, 3.05) is 0 Å². The lowest BCUT2D eigenvalue weighted by molar-refractivity contribution is -0.384. The maximum atomic E-state index is 11.1. The zero-order chi connectivity index (χ0) is 14.0. The quantitative estimate of drug-likeness (QED) is 0.475. The number of non-ortho nitro benzene ring substituents is 1. The molecule has 96 valence electrons. The van der Waals surface area contributed by atoms with E-state index in [1.807, 2.05) is 0 Å². The molecule has 0 radical (unpaired) electrons. The van der Waals surface area contributed by atoms with Crippen molar-refractivity contribution in [3.05, 3.63) is 33.1 Å². The topological polar surface area (TPSA) is 77.5 Å². The summed E-state index contributed by atoms with van der Waals surface area (Å²) in [5, 5.41) is 10.7. The molecule has 6 nitrogen and oxygen atoms in total. The van der Waals surface area contributed by atoms with Gasteiger partial charge in [0.15, 0.2) is 4.80 Å². The monoisotopic (exact) mass is 275 g/mol. The fraction of sp³-hybridized carbons (Fsp3) is 0.167. The van der Waals surface area contributed by atoms with Crippen LogP contribution in [0.25, 0.3) is 10.2 Å². The van der Waals surface area contributed by atoms with Crippen LogP contribution in [-0.4, -0.2) is 15.4 Å². The first-order chi connectivity index (χ1) is 9.02. The number of thiazole rings is 1. The molecule has 0 unspecified atom stereocenters. The Hall–Kier alpha value is -2.46. The molecule has 0 saturated carbocycles. The molecule has 0 aliphatic rings. The summed E-state index contributed by atoms with van der Waals surface area (Å²) < 4.78 is 2.36. The number of fused-ring (bicyclic) bond motifs is 1. The van der Waals surface area contributed by atoms with Crippen LogP contribution in [0, 0.1) is 22.5 Å². The third kappa shape index (κ3) is 2.53. The number of benzene rings is 1. The molecule has 2 aromatic rings. The molecule has 1 heterocycles. The molecule has 7 heteroatoms. The molecule has 0 N–H and O–H groups in total. The van der Waals surface area contributed by atoms with Gasteiger partial charge in [-0.3, -0.25) is 14.9 Å². The van der Waals surface area contributed by atoms with Gasteiger partial charge in [0.25, 0.3) is 5.69 Å². The highest BCUT2D eigenvalue weighted by Gasteiger charge is 2.11. The van der Waals surface area contributed by atoms with E-state index in [9.17, 15) is 14.9 Å². The zero-order valence-corrected chi connectivity index (χ0v) is 10.8. The number of nitrogens with zero attached hydrogens (tertiary/aromatic N) is 3. The summed E-state index contributed by atoms with van der Waals surface area (Å²) >= 11 is 1.20. The lowest BCUT2D eigenvalue weighted by Crippen LogP contribution is -2.15. The van der Waals surface area contributed by atoms with Gasteiger partial charge in [-0.1, -0.05) is 17.3 Å². The van der Waals surface area contributed by atoms with E-state index in [0.717, 1.165) is 5.52 Å². The summed E-state index contributed by atoms with van der Waals surface area (Å²) in [5.41, 5.74) is 0.726. The third-order valence-electron chi connectivity index (χ3n) is 2.38. The predicted octanol–water partition coefficient (Wildman–Crippen LogP) is 1.69. The van der Waals surface area contributed by atoms with Crippen molar-refractivity contribution in [2.24, 2.45) is 4.99 Å². The van der Waals surface area contributed by atoms with E-state index in [0.29, 0.717) is 9.50 Å². The Bertz CT molecular complexity index is 780. The third-order valence-corrected chi connectivity index (χ3v) is 3.42. The first kappa shape index (κ1) is 13.0. The van der Waals surface area contributed by atoms with Crippen molar-refractivity contribution in [1.82, 2.24) is 4.57 Å². The predicted molar refractivity (Wildman–Crippen MR) is 71.5 cm³/mol. The minimum atomic E-state index is -0.466. The molecular formula is C12H9N3O3S. The summed E-state index contributed by atoms with van der Waals surface area (Å²) in [6.07, 6.45) is 5.29. The van der Waals surface area contributed by atoms with Gasteiger partial charge >= 0.3 is 0 Å². The number of nitro groups is 1. The number of terminal acetylenes is 1. The van der Waals surface area contributed by atoms with Crippen molar-refractivity contribution >= 4 is 33.1 Å². The highest BCUT2D eigenvalue weighted by molar-refractivity contribution is 7.16. The zero-order valence-electron chi connectivity index (χ0n) is 9.99. The van der Waals surface area contributed by atoms with Crippen molar-refractivity contribution in [3.63, 3.8) is 0 Å². The van der Waals surface area contributed by atoms with Crippen LogP contribution in [0.2, 0.25) is 0 Å². The Balaban J connectivity index is 2.77. The normalized spacial score (nSPS) is 11.5. The summed E-state index contributed by atoms with van der Waals surface area (Å²) in [6, 6.07) is 4.46. The van der Waals surface area contributed by atoms with Crippen LogP contribution in [0.5, 0.6) is 0 Å². The van der Waals surface area contributed by atoms with Gasteiger partial charge in [0.2, 0.25) is 5.91 Å². The maximum Gasteiger partial charge on any atom is 0.270 e. The Kier molecular flexibility index (Phi) is 3.44. The average molecular weight is 275 g/mol. The van der Waals surface area contributed by atoms with Gasteiger partial charge in [-0.25, -0.2) is 0 Å². The second-order valence-corrected chi connectivity index (χ2v) is 4.72. The average Bonchev–Trinajstić information content (AvgIpc) is 2.66. The van der Waals surface area contributed by atoms with Gasteiger partial charge < -0.3 is 4.57 Å². The number of hydrogen-bond donors (Lipinski definition) is 0. The van der Waals surface area contributed by atoms with Gasteiger partial charge in [-0.2, -0.15) is 4.99 Å². The first-order valence-electron chi connectivity index (χ1n) is 5.29. The highest BCUT2D eigenvalue weighted by Crippen LogP contribution is 2.23. The van der Waals surface area contributed by atoms with Crippen LogP contribution in [-0.2, 0) is 11.3 Å². The van der Waals surface area contributed by atoms with Crippen LogP contribution in [0.1, 0.15) is 6.92 Å². The molecule has 2 rings (SSSR count). The van der Waals surface area contributed by atoms with Crippen molar-refractivity contribution in [2.45, 2.75) is 13.5 Å². The van der Waals surface area contributed by atoms with Crippen LogP contribution in [0.15, 0.2) is 23.2 Å². The number of carbonyl (C=O) groups is 1. The molecule has 0 aliphatic carbocycles. The van der Waals surface area contributed by atoms with Crippen molar-refractivity contribution in [1.29, 1.82) is 0 Å². The highest BCUT2D eigenvalue weighted by atomic mass is 32.1. The van der Waals surface area contributed by atoms with Crippen LogP contribution in [0.3, 0.4) is 0 Å². The van der Waals surface area contributed by atoms with E-state index in [-0.39, 0.29) is 18.1 Å². The fourth-order valence-electron chi connectivity index (χ4n) is 1.64. The standard InChI is InChI=1S/C12H9N3O3S/c1-3-6-14-10-5-4-9(15(17)18)7-11(10)19-12(14)13-8(2)16/h1,4-5,7H,6H2,2H3. The summed E-state index contributed by atoms with van der Waals surface area (Å²) in [5.74, 6) is 2.14. The van der Waals surface area contributed by atoms with E-state index in [4.69, 9.17) is 6.42 Å². The summed E-state index contributed by atoms with van der Waals surface area (Å²) in [6.45, 7) is 1.59. The van der Waals surface area contributed by atoms with E-state index in [1.54, 1.807) is 10.6 Å². The molecule has 0 bridgehead atoms. The van der Waals surface area contributed by atoms with Gasteiger partial charge in [0.1, 0.15) is 0 Å². The van der Waals surface area contributed by atoms with E-state index < -0.39 is 4.92 Å². The van der Waals surface area contributed by atoms with Gasteiger partial charge in [0, 0.05) is 19.1 Å². The summed E-state index contributed by atoms with van der Waals surface area (Å²) in [4.78, 5) is 25.7. The van der Waals surface area contributed by atoms with Gasteiger partial charge in [-0.15, -0.1) is 6.42 Å². The lowest BCUT2D eigenvalue weighted by atomic mass is 10.3. The van der Waals surface area contributed by atoms with E-state index in [1.165, 1.54) is 30.4 Å². The Morgan fingerprint density at radius 1 is 1.63 bits per heavy atom. The molecule has 19 heavy (non-hydrogen) atoms. The number of hydrogen-bond acceptors (Lipinski definition) is 4. The fourth-order valence-corrected chi connectivity index (χ4v) is 2.75. The molecule has 0 atom stereocenters. The largest absolute Gasteiger partial charge is 0.305 e. The Morgan fingerprint density at radius 2 is 2.37 bits per heavy atom. The number of amides is 1. The van der Waals surface area contributed by atoms with E-state index >= 15 is 0 Å². The molecule has 0 fully saturated rings. The van der Waals surface area contributed by atoms with Gasteiger partial charge in [0.05, 0.1) is 21.7 Å². The second kappa shape index (κ2) is 5.04. The molecular weight excluding hydrogens is 266 g/mol. The van der Waals surface area contributed by atoms with Crippen LogP contribution >= 0.6 is 11.3 Å². The van der Waals surface area contributed by atoms with E-state index in [2.05, 4.69) is 10.9 Å². The van der Waals surface area contributed by atoms with Gasteiger partial charge in [-0.05, 0) is 6.07 Å². The number of aromatic nitrogens is 1. The smallest absolute Gasteiger partial charge is 0.270 e. The van der Waals surface area contributed by atoms with Crippen molar-refractivity contribution in [3.8, 4) is 12.3 Å². The molecule has 1 aromatic carbocycles. The molecule has 0 aliphatic heterocycles. The summed E-state index contributed by atoms with van der Waals surface area (Å²) in [7, 11) is 0. The van der Waals surface area contributed by atoms with Crippen molar-refractivity contribution < 1.29 is 9.72 Å². The molecule has 0 saturated heterocycles. The number of carbonyl (C=O) groups excluding carboxylic acids is 1. The first-order valence-corrected chi connectivity index (χ1v) is 6.11.